The van der Waals surface area contributed by atoms with E-state index in [0.29, 0.717) is 0 Å². The third-order valence-corrected chi connectivity index (χ3v) is 3.32. The highest BCUT2D eigenvalue weighted by Crippen LogP contribution is 2.21. The van der Waals surface area contributed by atoms with Gasteiger partial charge in [0.1, 0.15) is 5.82 Å². The number of hydrogen-bond acceptors (Lipinski definition) is 2. The lowest BCUT2D eigenvalue weighted by Gasteiger charge is -2.03. The van der Waals surface area contributed by atoms with Gasteiger partial charge in [0.05, 0.1) is 11.0 Å². The third-order valence-electron chi connectivity index (χ3n) is 2.83. The van der Waals surface area contributed by atoms with Gasteiger partial charge in [0, 0.05) is 30.5 Å². The largest absolute Gasteiger partial charge is 0.327 e. The number of nitrogens with zero attached hydrogens (tertiary/aromatic N) is 2. The lowest BCUT2D eigenvalue weighted by molar-refractivity contribution is 0.657. The van der Waals surface area contributed by atoms with Crippen LogP contribution < -0.4 is 5.32 Å². The second-order valence-electron chi connectivity index (χ2n) is 3.81. The average molecular weight is 266 g/mol. The Morgan fingerprint density at radius 1 is 1.33 bits per heavy atom. The smallest absolute Gasteiger partial charge is 0.111 e. The van der Waals surface area contributed by atoms with Gasteiger partial charge in [-0.15, -0.1) is 0 Å². The molecular weight excluding hydrogens is 254 g/mol. The quantitative estimate of drug-likeness (QED) is 0.789. The van der Waals surface area contributed by atoms with Crippen molar-refractivity contribution in [2.45, 2.75) is 13.0 Å². The zero-order valence-electron chi connectivity index (χ0n) is 8.33. The number of halogens is 1. The van der Waals surface area contributed by atoms with Crippen LogP contribution in [-0.2, 0) is 13.0 Å². The maximum atomic E-state index is 4.66. The van der Waals surface area contributed by atoms with E-state index in [2.05, 4.69) is 42.9 Å². The van der Waals surface area contributed by atoms with Crippen molar-refractivity contribution in [3.63, 3.8) is 0 Å². The molecule has 0 aliphatic carbocycles. The fraction of sp³-hybridized carbons (Fsp3) is 0.364. The molecule has 3 nitrogen and oxygen atoms in total. The van der Waals surface area contributed by atoms with E-state index in [1.165, 1.54) is 11.3 Å². The van der Waals surface area contributed by atoms with Crippen LogP contribution >= 0.6 is 15.9 Å². The molecule has 1 aromatic carbocycles. The molecule has 3 rings (SSSR count). The minimum Gasteiger partial charge on any atom is -0.327 e. The minimum absolute atomic E-state index is 1.02. The number of nitrogens with one attached hydrogen (secondary N) is 1. The van der Waals surface area contributed by atoms with Gasteiger partial charge in [-0.2, -0.15) is 0 Å². The van der Waals surface area contributed by atoms with Crippen molar-refractivity contribution in [1.82, 2.24) is 14.9 Å². The number of aromatic nitrogens is 2. The van der Waals surface area contributed by atoms with Crippen LogP contribution in [0.2, 0.25) is 0 Å². The molecule has 1 aromatic heterocycles. The summed E-state index contributed by atoms with van der Waals surface area (Å²) in [7, 11) is 0. The number of hydrogen-bond donors (Lipinski definition) is 1. The van der Waals surface area contributed by atoms with Crippen molar-refractivity contribution in [2.75, 3.05) is 13.1 Å². The highest BCUT2D eigenvalue weighted by atomic mass is 79.9. The molecule has 0 saturated heterocycles. The number of fused-ring (bicyclic) bond motifs is 3. The molecule has 0 fully saturated rings. The lowest BCUT2D eigenvalue weighted by atomic mass is 10.3. The van der Waals surface area contributed by atoms with Gasteiger partial charge in [-0.3, -0.25) is 0 Å². The van der Waals surface area contributed by atoms with Crippen LogP contribution in [-0.4, -0.2) is 22.6 Å². The van der Waals surface area contributed by atoms with Gasteiger partial charge >= 0.3 is 0 Å². The molecule has 0 radical (unpaired) electrons. The maximum absolute atomic E-state index is 4.66. The molecule has 1 aliphatic heterocycles. The second kappa shape index (κ2) is 3.61. The van der Waals surface area contributed by atoms with Crippen molar-refractivity contribution in [2.24, 2.45) is 0 Å². The molecule has 0 spiro atoms. The summed E-state index contributed by atoms with van der Waals surface area (Å²) in [5.41, 5.74) is 2.35. The van der Waals surface area contributed by atoms with Crippen molar-refractivity contribution in [3.05, 3.63) is 28.5 Å². The van der Waals surface area contributed by atoms with Gasteiger partial charge in [0.15, 0.2) is 0 Å². The first kappa shape index (κ1) is 9.36. The first-order chi connectivity index (χ1) is 7.34. The van der Waals surface area contributed by atoms with E-state index in [-0.39, 0.29) is 0 Å². The zero-order valence-corrected chi connectivity index (χ0v) is 9.92. The van der Waals surface area contributed by atoms with Crippen molar-refractivity contribution < 1.29 is 0 Å². The van der Waals surface area contributed by atoms with Crippen LogP contribution in [0.5, 0.6) is 0 Å². The Hall–Kier alpha value is -0.870. The first-order valence-electron chi connectivity index (χ1n) is 5.20. The highest BCUT2D eigenvalue weighted by Gasteiger charge is 2.12. The van der Waals surface area contributed by atoms with Gasteiger partial charge in [-0.25, -0.2) is 4.98 Å². The molecule has 0 bridgehead atoms. The van der Waals surface area contributed by atoms with Crippen LogP contribution in [0.15, 0.2) is 22.7 Å². The fourth-order valence-electron chi connectivity index (χ4n) is 2.10. The van der Waals surface area contributed by atoms with E-state index < -0.39 is 0 Å². The summed E-state index contributed by atoms with van der Waals surface area (Å²) in [4.78, 5) is 4.66. The second-order valence-corrected chi connectivity index (χ2v) is 4.73. The van der Waals surface area contributed by atoms with E-state index in [9.17, 15) is 0 Å². The van der Waals surface area contributed by atoms with E-state index >= 15 is 0 Å². The van der Waals surface area contributed by atoms with Crippen molar-refractivity contribution in [3.8, 4) is 0 Å². The summed E-state index contributed by atoms with van der Waals surface area (Å²) in [5, 5.41) is 3.39. The summed E-state index contributed by atoms with van der Waals surface area (Å²) < 4.78 is 3.44. The molecule has 15 heavy (non-hydrogen) atoms. The van der Waals surface area contributed by atoms with Gasteiger partial charge < -0.3 is 9.88 Å². The average Bonchev–Trinajstić information content (AvgIpc) is 2.44. The zero-order chi connectivity index (χ0) is 10.3. The van der Waals surface area contributed by atoms with Gasteiger partial charge in [-0.05, 0) is 18.2 Å². The van der Waals surface area contributed by atoms with Crippen LogP contribution in [0.3, 0.4) is 0 Å². The summed E-state index contributed by atoms with van der Waals surface area (Å²) in [5.74, 6) is 1.20. The van der Waals surface area contributed by atoms with E-state index in [1.54, 1.807) is 0 Å². The topological polar surface area (TPSA) is 29.9 Å². The molecule has 2 aromatic rings. The summed E-state index contributed by atoms with van der Waals surface area (Å²) in [6, 6.07) is 6.28. The van der Waals surface area contributed by atoms with Crippen LogP contribution in [0.1, 0.15) is 5.82 Å². The van der Waals surface area contributed by atoms with Gasteiger partial charge in [0.25, 0.3) is 0 Å². The fourth-order valence-corrected chi connectivity index (χ4v) is 2.45. The number of benzene rings is 1. The normalized spacial score (nSPS) is 16.3. The molecule has 0 atom stereocenters. The Bertz CT molecular complexity index is 504. The Balaban J connectivity index is 2.24. The molecule has 1 N–H and O–H groups in total. The first-order valence-corrected chi connectivity index (χ1v) is 5.99. The van der Waals surface area contributed by atoms with Crippen molar-refractivity contribution in [1.29, 1.82) is 0 Å². The molecule has 0 unspecified atom stereocenters. The van der Waals surface area contributed by atoms with Gasteiger partial charge in [-0.1, -0.05) is 15.9 Å². The molecular formula is C11H12BrN3. The summed E-state index contributed by atoms with van der Waals surface area (Å²) in [6.07, 6.45) is 1.02. The molecule has 0 amide bonds. The highest BCUT2D eigenvalue weighted by molar-refractivity contribution is 9.10. The molecule has 2 heterocycles. The Labute approximate surface area is 96.6 Å². The number of imidazole rings is 1. The van der Waals surface area contributed by atoms with E-state index in [4.69, 9.17) is 0 Å². The minimum atomic E-state index is 1.02. The standard InChI is InChI=1S/C11H12BrN3/c12-8-1-2-9-10(7-8)15-6-5-13-4-3-11(15)14-9/h1-2,7,13H,3-6H2. The Morgan fingerprint density at radius 3 is 3.20 bits per heavy atom. The molecule has 78 valence electrons. The Kier molecular flexibility index (Phi) is 2.25. The summed E-state index contributed by atoms with van der Waals surface area (Å²) in [6.45, 7) is 3.08. The van der Waals surface area contributed by atoms with Gasteiger partial charge in [0.2, 0.25) is 0 Å². The number of rotatable bonds is 0. The monoisotopic (exact) mass is 265 g/mol. The third kappa shape index (κ3) is 1.58. The van der Waals surface area contributed by atoms with Crippen molar-refractivity contribution >= 4 is 27.0 Å². The van der Waals surface area contributed by atoms with Crippen LogP contribution in [0, 0.1) is 0 Å². The van der Waals surface area contributed by atoms with E-state index in [0.717, 1.165) is 36.0 Å². The molecule has 0 saturated carbocycles. The SMILES string of the molecule is Brc1ccc2nc3n(c2c1)CCNCC3. The lowest BCUT2D eigenvalue weighted by Crippen LogP contribution is -2.17. The van der Waals surface area contributed by atoms with Crippen LogP contribution in [0.25, 0.3) is 11.0 Å². The molecule has 4 heteroatoms. The summed E-state index contributed by atoms with van der Waals surface area (Å²) >= 11 is 3.51. The predicted octanol–water partition coefficient (Wildman–Crippen LogP) is 1.94. The predicted molar refractivity (Wildman–Crippen MR) is 64.0 cm³/mol. The Morgan fingerprint density at radius 2 is 2.27 bits per heavy atom. The maximum Gasteiger partial charge on any atom is 0.111 e. The van der Waals surface area contributed by atoms with Crippen LogP contribution in [0.4, 0.5) is 0 Å². The van der Waals surface area contributed by atoms with E-state index in [1.807, 2.05) is 6.07 Å². The molecule has 1 aliphatic rings.